The Morgan fingerprint density at radius 2 is 1.80 bits per heavy atom. The van der Waals surface area contributed by atoms with Crippen molar-refractivity contribution >= 4 is 31.9 Å². The summed E-state index contributed by atoms with van der Waals surface area (Å²) >= 11 is 3.28. The minimum atomic E-state index is -3.85. The van der Waals surface area contributed by atoms with Crippen LogP contribution in [-0.2, 0) is 21.4 Å². The molecule has 158 valence electrons. The van der Waals surface area contributed by atoms with Gasteiger partial charge in [-0.2, -0.15) is 4.72 Å². The monoisotopic (exact) mass is 492 g/mol. The largest absolute Gasteiger partial charge is 0.497 e. The van der Waals surface area contributed by atoms with E-state index in [1.54, 1.807) is 43.5 Å². The molecule has 0 aliphatic heterocycles. The Morgan fingerprint density at radius 1 is 1.10 bits per heavy atom. The Morgan fingerprint density at radius 3 is 2.40 bits per heavy atom. The van der Waals surface area contributed by atoms with E-state index in [1.165, 1.54) is 18.4 Å². The van der Waals surface area contributed by atoms with Crippen molar-refractivity contribution in [2.75, 3.05) is 7.11 Å². The summed E-state index contributed by atoms with van der Waals surface area (Å²) in [7, 11) is -2.26. The molecule has 0 aliphatic rings. The fourth-order valence-corrected chi connectivity index (χ4v) is 4.23. The van der Waals surface area contributed by atoms with E-state index in [9.17, 15) is 13.2 Å². The Balaban J connectivity index is 1.68. The summed E-state index contributed by atoms with van der Waals surface area (Å²) in [4.78, 5) is 12.6. The van der Waals surface area contributed by atoms with Crippen molar-refractivity contribution in [2.24, 2.45) is 0 Å². The van der Waals surface area contributed by atoms with Crippen LogP contribution in [0.25, 0.3) is 0 Å². The maximum absolute atomic E-state index is 12.8. The lowest BCUT2D eigenvalue weighted by Crippen LogP contribution is -2.33. The highest BCUT2D eigenvalue weighted by molar-refractivity contribution is 9.10. The highest BCUT2D eigenvalue weighted by Crippen LogP contribution is 2.22. The summed E-state index contributed by atoms with van der Waals surface area (Å²) in [6, 6.07) is 16.0. The molecule has 1 aromatic heterocycles. The molecular formula is C21H21BrN2O5S. The molecule has 2 aromatic carbocycles. The molecule has 0 spiro atoms. The van der Waals surface area contributed by atoms with E-state index < -0.39 is 16.1 Å². The highest BCUT2D eigenvalue weighted by Gasteiger charge is 2.25. The third-order valence-electron chi connectivity index (χ3n) is 4.35. The van der Waals surface area contributed by atoms with Crippen molar-refractivity contribution in [2.45, 2.75) is 23.9 Å². The van der Waals surface area contributed by atoms with Crippen molar-refractivity contribution in [1.29, 1.82) is 0 Å². The zero-order valence-corrected chi connectivity index (χ0v) is 18.6. The maximum Gasteiger partial charge on any atom is 0.241 e. The van der Waals surface area contributed by atoms with Gasteiger partial charge in [0.15, 0.2) is 0 Å². The average Bonchev–Trinajstić information content (AvgIpc) is 3.27. The summed E-state index contributed by atoms with van der Waals surface area (Å²) in [5, 5.41) is 2.80. The maximum atomic E-state index is 12.8. The normalized spacial score (nSPS) is 12.3. The first-order chi connectivity index (χ1) is 14.4. The van der Waals surface area contributed by atoms with Gasteiger partial charge >= 0.3 is 0 Å². The second-order valence-electron chi connectivity index (χ2n) is 6.47. The van der Waals surface area contributed by atoms with Crippen molar-refractivity contribution in [1.82, 2.24) is 10.0 Å². The quantitative estimate of drug-likeness (QED) is 0.473. The minimum Gasteiger partial charge on any atom is -0.497 e. The molecule has 3 rings (SSSR count). The minimum absolute atomic E-state index is 0.0981. The molecule has 0 bridgehead atoms. The Bertz CT molecular complexity index is 1070. The van der Waals surface area contributed by atoms with Crippen molar-refractivity contribution < 1.29 is 22.4 Å². The molecule has 1 atom stereocenters. The van der Waals surface area contributed by atoms with Gasteiger partial charge in [-0.3, -0.25) is 4.79 Å². The van der Waals surface area contributed by atoms with Gasteiger partial charge in [-0.1, -0.05) is 28.1 Å². The molecule has 1 unspecified atom stereocenters. The standard InChI is InChI=1S/C21H21BrN2O5S/c1-28-17-8-4-15(5-9-17)14-23-21(25)13-19(20-3-2-12-29-20)24-30(26,27)18-10-6-16(22)7-11-18/h2-12,19,24H,13-14H2,1H3,(H,23,25). The first kappa shape index (κ1) is 22.1. The van der Waals surface area contributed by atoms with Crippen molar-refractivity contribution in [3.63, 3.8) is 0 Å². The molecular weight excluding hydrogens is 472 g/mol. The Kier molecular flexibility index (Phi) is 7.30. The number of halogens is 1. The molecule has 7 nitrogen and oxygen atoms in total. The number of ether oxygens (including phenoxy) is 1. The van der Waals surface area contributed by atoms with Crippen LogP contribution in [0.3, 0.4) is 0 Å². The van der Waals surface area contributed by atoms with Crippen LogP contribution in [0.1, 0.15) is 23.8 Å². The molecule has 1 amide bonds. The smallest absolute Gasteiger partial charge is 0.241 e. The number of hydrogen-bond donors (Lipinski definition) is 2. The van der Waals surface area contributed by atoms with Crippen LogP contribution < -0.4 is 14.8 Å². The summed E-state index contributed by atoms with van der Waals surface area (Å²) in [6.07, 6.45) is 1.32. The zero-order chi connectivity index (χ0) is 21.6. The van der Waals surface area contributed by atoms with Crippen LogP contribution in [0.2, 0.25) is 0 Å². The zero-order valence-electron chi connectivity index (χ0n) is 16.2. The van der Waals surface area contributed by atoms with Gasteiger partial charge in [0, 0.05) is 11.0 Å². The second kappa shape index (κ2) is 9.92. The number of carbonyl (C=O) groups is 1. The molecule has 30 heavy (non-hydrogen) atoms. The lowest BCUT2D eigenvalue weighted by Gasteiger charge is -2.17. The Labute approximate surface area is 183 Å². The molecule has 3 aromatic rings. The topological polar surface area (TPSA) is 97.6 Å². The number of benzene rings is 2. The lowest BCUT2D eigenvalue weighted by molar-refractivity contribution is -0.121. The number of amides is 1. The second-order valence-corrected chi connectivity index (χ2v) is 9.10. The molecule has 0 radical (unpaired) electrons. The number of nitrogens with one attached hydrogen (secondary N) is 2. The lowest BCUT2D eigenvalue weighted by atomic mass is 10.1. The van der Waals surface area contributed by atoms with Crippen molar-refractivity contribution in [3.05, 3.63) is 82.7 Å². The van der Waals surface area contributed by atoms with Crippen LogP contribution in [0.4, 0.5) is 0 Å². The highest BCUT2D eigenvalue weighted by atomic mass is 79.9. The predicted octanol–water partition coefficient (Wildman–Crippen LogP) is 3.78. The molecule has 0 fully saturated rings. The number of rotatable bonds is 9. The van der Waals surface area contributed by atoms with E-state index in [0.29, 0.717) is 12.3 Å². The fourth-order valence-electron chi connectivity index (χ4n) is 2.76. The van der Waals surface area contributed by atoms with Gasteiger partial charge in [0.05, 0.1) is 30.7 Å². The average molecular weight is 493 g/mol. The van der Waals surface area contributed by atoms with E-state index in [-0.39, 0.29) is 17.2 Å². The Hall–Kier alpha value is -2.62. The molecule has 1 heterocycles. The van der Waals surface area contributed by atoms with Crippen LogP contribution >= 0.6 is 15.9 Å². The van der Waals surface area contributed by atoms with Crippen LogP contribution in [0.5, 0.6) is 5.75 Å². The summed E-state index contributed by atoms with van der Waals surface area (Å²) in [6.45, 7) is 0.313. The van der Waals surface area contributed by atoms with Gasteiger partial charge in [-0.05, 0) is 54.1 Å². The number of carbonyl (C=O) groups excluding carboxylic acids is 1. The third kappa shape index (κ3) is 5.94. The molecule has 9 heteroatoms. The van der Waals surface area contributed by atoms with Gasteiger partial charge in [0.1, 0.15) is 11.5 Å². The van der Waals surface area contributed by atoms with Crippen LogP contribution in [-0.4, -0.2) is 21.4 Å². The van der Waals surface area contributed by atoms with Gasteiger partial charge in [0.2, 0.25) is 15.9 Å². The number of methoxy groups -OCH3 is 1. The van der Waals surface area contributed by atoms with E-state index in [2.05, 4.69) is 26.0 Å². The van der Waals surface area contributed by atoms with Gasteiger partial charge < -0.3 is 14.5 Å². The van der Waals surface area contributed by atoms with Gasteiger partial charge in [0.25, 0.3) is 0 Å². The molecule has 0 saturated carbocycles. The summed E-state index contributed by atoms with van der Waals surface area (Å²) in [5.41, 5.74) is 0.897. The van der Waals surface area contributed by atoms with E-state index >= 15 is 0 Å². The summed E-state index contributed by atoms with van der Waals surface area (Å²) in [5.74, 6) is 0.770. The molecule has 0 aliphatic carbocycles. The van der Waals surface area contributed by atoms with Gasteiger partial charge in [-0.15, -0.1) is 0 Å². The third-order valence-corrected chi connectivity index (χ3v) is 6.36. The van der Waals surface area contributed by atoms with Crippen LogP contribution in [0.15, 0.2) is 80.7 Å². The van der Waals surface area contributed by atoms with Crippen molar-refractivity contribution in [3.8, 4) is 5.75 Å². The first-order valence-corrected chi connectivity index (χ1v) is 11.4. The van der Waals surface area contributed by atoms with Crippen LogP contribution in [0, 0.1) is 0 Å². The first-order valence-electron chi connectivity index (χ1n) is 9.08. The van der Waals surface area contributed by atoms with E-state index in [4.69, 9.17) is 9.15 Å². The number of furan rings is 1. The molecule has 2 N–H and O–H groups in total. The number of hydrogen-bond acceptors (Lipinski definition) is 5. The SMILES string of the molecule is COc1ccc(CNC(=O)CC(NS(=O)(=O)c2ccc(Br)cc2)c2ccco2)cc1. The summed E-state index contributed by atoms with van der Waals surface area (Å²) < 4.78 is 39.3. The fraction of sp³-hybridized carbons (Fsp3) is 0.190. The molecule has 0 saturated heterocycles. The van der Waals surface area contributed by atoms with Gasteiger partial charge in [-0.25, -0.2) is 8.42 Å². The van der Waals surface area contributed by atoms with E-state index in [1.807, 2.05) is 12.1 Å². The van der Waals surface area contributed by atoms with E-state index in [0.717, 1.165) is 15.8 Å². The number of sulfonamides is 1. The predicted molar refractivity (Wildman–Crippen MR) is 115 cm³/mol.